The van der Waals surface area contributed by atoms with Crippen molar-refractivity contribution in [2.45, 2.75) is 13.8 Å². The molecule has 1 rings (SSSR count). The fourth-order valence-electron chi connectivity index (χ4n) is 1.19. The Hall–Kier alpha value is -2.04. The van der Waals surface area contributed by atoms with Crippen LogP contribution in [-0.4, -0.2) is 19.0 Å². The van der Waals surface area contributed by atoms with Crippen LogP contribution in [0.4, 0.5) is 5.69 Å². The van der Waals surface area contributed by atoms with E-state index in [-0.39, 0.29) is 5.91 Å². The van der Waals surface area contributed by atoms with E-state index in [1.165, 1.54) is 27.0 Å². The van der Waals surface area contributed by atoms with E-state index in [9.17, 15) is 9.59 Å². The lowest BCUT2D eigenvalue weighted by Gasteiger charge is -2.10. The van der Waals surface area contributed by atoms with E-state index in [4.69, 9.17) is 9.47 Å². The maximum absolute atomic E-state index is 10.9. The van der Waals surface area contributed by atoms with Gasteiger partial charge in [-0.25, -0.2) is 0 Å². The van der Waals surface area contributed by atoms with Gasteiger partial charge in [0.15, 0.2) is 0 Å². The van der Waals surface area contributed by atoms with Crippen molar-refractivity contribution < 1.29 is 19.1 Å². The number of ether oxygens (including phenoxy) is 2. The zero-order chi connectivity index (χ0) is 12.1. The summed E-state index contributed by atoms with van der Waals surface area (Å²) >= 11 is 0. The van der Waals surface area contributed by atoms with Crippen molar-refractivity contribution in [2.24, 2.45) is 0 Å². The number of benzene rings is 1. The van der Waals surface area contributed by atoms with Crippen LogP contribution in [0.25, 0.3) is 0 Å². The molecule has 86 valence electrons. The first-order valence-corrected chi connectivity index (χ1v) is 4.67. The molecule has 0 radical (unpaired) electrons. The summed E-state index contributed by atoms with van der Waals surface area (Å²) in [5.41, 5.74) is 0.533. The molecule has 0 aliphatic rings. The van der Waals surface area contributed by atoms with E-state index in [2.05, 4.69) is 5.32 Å². The summed E-state index contributed by atoms with van der Waals surface area (Å²) in [4.78, 5) is 21.6. The minimum atomic E-state index is -0.408. The molecule has 0 saturated carbocycles. The molecule has 0 bridgehead atoms. The van der Waals surface area contributed by atoms with Gasteiger partial charge in [0, 0.05) is 19.9 Å². The zero-order valence-corrected chi connectivity index (χ0v) is 9.37. The van der Waals surface area contributed by atoms with E-state index in [0.717, 1.165) is 0 Å². The second kappa shape index (κ2) is 5.16. The molecule has 0 aliphatic carbocycles. The Kier molecular flexibility index (Phi) is 3.88. The molecule has 5 heteroatoms. The van der Waals surface area contributed by atoms with Crippen molar-refractivity contribution >= 4 is 17.6 Å². The molecule has 0 saturated heterocycles. The molecule has 1 aromatic carbocycles. The zero-order valence-electron chi connectivity index (χ0n) is 9.37. The number of rotatable bonds is 3. The van der Waals surface area contributed by atoms with Crippen LogP contribution in [0.3, 0.4) is 0 Å². The third-order valence-electron chi connectivity index (χ3n) is 1.75. The first-order chi connectivity index (χ1) is 7.52. The van der Waals surface area contributed by atoms with Crippen molar-refractivity contribution in [3.8, 4) is 11.5 Å². The van der Waals surface area contributed by atoms with E-state index in [1.807, 2.05) is 0 Å². The molecule has 0 atom stereocenters. The van der Waals surface area contributed by atoms with Crippen molar-refractivity contribution in [3.63, 3.8) is 0 Å². The Labute approximate surface area is 93.4 Å². The average Bonchev–Trinajstić information content (AvgIpc) is 2.18. The number of hydrogen-bond donors (Lipinski definition) is 1. The van der Waals surface area contributed by atoms with Gasteiger partial charge in [-0.05, 0) is 12.1 Å². The highest BCUT2D eigenvalue weighted by Gasteiger charge is 2.07. The van der Waals surface area contributed by atoms with Crippen LogP contribution < -0.4 is 14.8 Å². The lowest BCUT2D eigenvalue weighted by Crippen LogP contribution is -2.07. The average molecular weight is 223 g/mol. The number of carbonyl (C=O) groups is 2. The highest BCUT2D eigenvalue weighted by atomic mass is 16.5. The van der Waals surface area contributed by atoms with Crippen molar-refractivity contribution in [2.75, 3.05) is 12.4 Å². The van der Waals surface area contributed by atoms with E-state index in [1.54, 1.807) is 12.1 Å². The Morgan fingerprint density at radius 2 is 1.94 bits per heavy atom. The Bertz CT molecular complexity index is 414. The molecule has 0 heterocycles. The van der Waals surface area contributed by atoms with Gasteiger partial charge in [0.05, 0.1) is 12.8 Å². The smallest absolute Gasteiger partial charge is 0.308 e. The van der Waals surface area contributed by atoms with Crippen LogP contribution in [0.1, 0.15) is 13.8 Å². The third kappa shape index (κ3) is 3.27. The van der Waals surface area contributed by atoms with E-state index >= 15 is 0 Å². The van der Waals surface area contributed by atoms with Gasteiger partial charge >= 0.3 is 5.97 Å². The molecule has 1 amide bonds. The Morgan fingerprint density at radius 3 is 2.44 bits per heavy atom. The lowest BCUT2D eigenvalue weighted by molar-refractivity contribution is -0.131. The molecule has 1 N–H and O–H groups in total. The van der Waals surface area contributed by atoms with Crippen LogP contribution in [0.2, 0.25) is 0 Å². The fraction of sp³-hybridized carbons (Fsp3) is 0.273. The maximum Gasteiger partial charge on any atom is 0.308 e. The van der Waals surface area contributed by atoms with Gasteiger partial charge in [-0.2, -0.15) is 0 Å². The minimum Gasteiger partial charge on any atom is -0.494 e. The third-order valence-corrected chi connectivity index (χ3v) is 1.75. The summed E-state index contributed by atoms with van der Waals surface area (Å²) < 4.78 is 9.95. The Balaban J connectivity index is 2.96. The molecule has 0 fully saturated rings. The van der Waals surface area contributed by atoms with Crippen LogP contribution in [0.5, 0.6) is 11.5 Å². The van der Waals surface area contributed by atoms with Gasteiger partial charge in [-0.1, -0.05) is 0 Å². The SMILES string of the molecule is COc1cc(OC(C)=O)ccc1NC(C)=O. The summed E-state index contributed by atoms with van der Waals surface area (Å²) in [6, 6.07) is 4.72. The van der Waals surface area contributed by atoms with Gasteiger partial charge in [-0.15, -0.1) is 0 Å². The number of hydrogen-bond acceptors (Lipinski definition) is 4. The first kappa shape index (κ1) is 12.0. The summed E-state index contributed by atoms with van der Waals surface area (Å²) in [5.74, 6) is 0.209. The van der Waals surface area contributed by atoms with Crippen molar-refractivity contribution in [1.82, 2.24) is 0 Å². The van der Waals surface area contributed by atoms with Gasteiger partial charge in [0.2, 0.25) is 5.91 Å². The van der Waals surface area contributed by atoms with Crippen LogP contribution in [-0.2, 0) is 9.59 Å². The van der Waals surface area contributed by atoms with Gasteiger partial charge in [0.25, 0.3) is 0 Å². The summed E-state index contributed by atoms with van der Waals surface area (Å²) in [5, 5.41) is 2.60. The van der Waals surface area contributed by atoms with Crippen molar-refractivity contribution in [3.05, 3.63) is 18.2 Å². The monoisotopic (exact) mass is 223 g/mol. The number of anilines is 1. The molecular weight excluding hydrogens is 210 g/mol. The molecule has 5 nitrogen and oxygen atoms in total. The quantitative estimate of drug-likeness (QED) is 0.624. The Morgan fingerprint density at radius 1 is 1.25 bits per heavy atom. The second-order valence-corrected chi connectivity index (χ2v) is 3.14. The first-order valence-electron chi connectivity index (χ1n) is 4.67. The highest BCUT2D eigenvalue weighted by Crippen LogP contribution is 2.29. The molecule has 0 aliphatic heterocycles. The van der Waals surface area contributed by atoms with Crippen molar-refractivity contribution in [1.29, 1.82) is 0 Å². The number of esters is 1. The van der Waals surface area contributed by atoms with E-state index in [0.29, 0.717) is 17.2 Å². The molecule has 0 spiro atoms. The normalized spacial score (nSPS) is 9.44. The highest BCUT2D eigenvalue weighted by molar-refractivity contribution is 5.90. The summed E-state index contributed by atoms with van der Waals surface area (Å²) in [6.45, 7) is 2.72. The number of amides is 1. The standard InChI is InChI=1S/C11H13NO4/c1-7(13)12-10-5-4-9(16-8(2)14)6-11(10)15-3/h4-6H,1-3H3,(H,12,13). The van der Waals surface area contributed by atoms with Crippen LogP contribution in [0.15, 0.2) is 18.2 Å². The van der Waals surface area contributed by atoms with E-state index < -0.39 is 5.97 Å². The number of methoxy groups -OCH3 is 1. The van der Waals surface area contributed by atoms with Gasteiger partial charge in [-0.3, -0.25) is 9.59 Å². The van der Waals surface area contributed by atoms with Crippen LogP contribution >= 0.6 is 0 Å². The summed E-state index contributed by atoms with van der Waals surface area (Å²) in [6.07, 6.45) is 0. The molecule has 0 aromatic heterocycles. The van der Waals surface area contributed by atoms with Gasteiger partial charge < -0.3 is 14.8 Å². The van der Waals surface area contributed by atoms with Crippen LogP contribution in [0, 0.1) is 0 Å². The topological polar surface area (TPSA) is 64.6 Å². The second-order valence-electron chi connectivity index (χ2n) is 3.14. The number of carbonyl (C=O) groups excluding carboxylic acids is 2. The minimum absolute atomic E-state index is 0.196. The fourth-order valence-corrected chi connectivity index (χ4v) is 1.19. The molecule has 1 aromatic rings. The maximum atomic E-state index is 10.9. The van der Waals surface area contributed by atoms with Gasteiger partial charge in [0.1, 0.15) is 11.5 Å². The lowest BCUT2D eigenvalue weighted by atomic mass is 10.2. The number of nitrogens with one attached hydrogen (secondary N) is 1. The predicted octanol–water partition coefficient (Wildman–Crippen LogP) is 1.58. The largest absolute Gasteiger partial charge is 0.494 e. The molecule has 16 heavy (non-hydrogen) atoms. The molecule has 0 unspecified atom stereocenters. The summed E-state index contributed by atoms with van der Waals surface area (Å²) in [7, 11) is 1.47. The predicted molar refractivity (Wildman–Crippen MR) is 58.6 cm³/mol. The molecular formula is C11H13NO4.